The molecule has 2 aromatic carbocycles. The minimum absolute atomic E-state index is 0.0313. The molecule has 2 aromatic rings. The summed E-state index contributed by atoms with van der Waals surface area (Å²) in [5, 5.41) is 15.2. The predicted octanol–water partition coefficient (Wildman–Crippen LogP) is 3.70. The van der Waals surface area contributed by atoms with Crippen LogP contribution in [0.15, 0.2) is 54.2 Å². The first-order chi connectivity index (χ1) is 12.6. The van der Waals surface area contributed by atoms with Gasteiger partial charge in [-0.3, -0.25) is 4.79 Å². The summed E-state index contributed by atoms with van der Waals surface area (Å²) in [7, 11) is 1.62. The lowest BCUT2D eigenvalue weighted by atomic mass is 10.1. The first kappa shape index (κ1) is 19.1. The van der Waals surface area contributed by atoms with Crippen LogP contribution in [-0.2, 0) is 17.8 Å². The van der Waals surface area contributed by atoms with Crippen molar-refractivity contribution in [1.82, 2.24) is 5.32 Å². The second kappa shape index (κ2) is 9.28. The highest BCUT2D eigenvalue weighted by Crippen LogP contribution is 2.21. The standard InChI is InChI=1S/C21H23N3O2/c1-4-17-7-5-6-15(2)20(17)24-21(25)18(12-22)14-23-13-16-8-10-19(26-3)11-9-16/h5-11,14,23H,4,13H2,1-3H3,(H,24,25)/b18-14-. The van der Waals surface area contributed by atoms with Crippen LogP contribution in [0.4, 0.5) is 5.69 Å². The van der Waals surface area contributed by atoms with Crippen LogP contribution in [0.5, 0.6) is 5.75 Å². The predicted molar refractivity (Wildman–Crippen MR) is 103 cm³/mol. The van der Waals surface area contributed by atoms with Gasteiger partial charge in [0.1, 0.15) is 17.4 Å². The zero-order chi connectivity index (χ0) is 18.9. The number of nitriles is 1. The average molecular weight is 349 g/mol. The fourth-order valence-electron chi connectivity index (χ4n) is 2.55. The largest absolute Gasteiger partial charge is 0.497 e. The number of rotatable bonds is 7. The Hall–Kier alpha value is -3.26. The lowest BCUT2D eigenvalue weighted by Crippen LogP contribution is -2.18. The van der Waals surface area contributed by atoms with Crippen LogP contribution in [0.25, 0.3) is 0 Å². The van der Waals surface area contributed by atoms with E-state index in [9.17, 15) is 10.1 Å². The summed E-state index contributed by atoms with van der Waals surface area (Å²) in [5.74, 6) is 0.366. The molecule has 134 valence electrons. The summed E-state index contributed by atoms with van der Waals surface area (Å²) in [6, 6.07) is 15.4. The molecule has 0 spiro atoms. The number of hydrogen-bond acceptors (Lipinski definition) is 4. The van der Waals surface area contributed by atoms with Gasteiger partial charge in [-0.05, 0) is 42.2 Å². The van der Waals surface area contributed by atoms with Gasteiger partial charge in [0.05, 0.1) is 7.11 Å². The maximum atomic E-state index is 12.4. The molecule has 0 aliphatic carbocycles. The van der Waals surface area contributed by atoms with E-state index in [1.165, 1.54) is 6.20 Å². The smallest absolute Gasteiger partial charge is 0.267 e. The van der Waals surface area contributed by atoms with E-state index >= 15 is 0 Å². The number of benzene rings is 2. The van der Waals surface area contributed by atoms with E-state index in [1.54, 1.807) is 7.11 Å². The Labute approximate surface area is 154 Å². The third-order valence-corrected chi connectivity index (χ3v) is 4.06. The summed E-state index contributed by atoms with van der Waals surface area (Å²) in [6.07, 6.45) is 2.25. The molecule has 2 N–H and O–H groups in total. The highest BCUT2D eigenvalue weighted by atomic mass is 16.5. The molecule has 0 aliphatic rings. The number of ether oxygens (including phenoxy) is 1. The molecular weight excluding hydrogens is 326 g/mol. The van der Waals surface area contributed by atoms with Crippen LogP contribution in [0, 0.1) is 18.3 Å². The van der Waals surface area contributed by atoms with E-state index in [2.05, 4.69) is 10.6 Å². The second-order valence-corrected chi connectivity index (χ2v) is 5.82. The van der Waals surface area contributed by atoms with Crippen molar-refractivity contribution < 1.29 is 9.53 Å². The van der Waals surface area contributed by atoms with E-state index in [0.717, 1.165) is 34.5 Å². The Morgan fingerprint density at radius 3 is 2.58 bits per heavy atom. The molecule has 0 fully saturated rings. The van der Waals surface area contributed by atoms with Gasteiger partial charge in [-0.2, -0.15) is 5.26 Å². The van der Waals surface area contributed by atoms with Gasteiger partial charge in [0.15, 0.2) is 0 Å². The fourth-order valence-corrected chi connectivity index (χ4v) is 2.55. The number of methoxy groups -OCH3 is 1. The van der Waals surface area contributed by atoms with Gasteiger partial charge in [0.25, 0.3) is 5.91 Å². The number of aryl methyl sites for hydroxylation is 2. The van der Waals surface area contributed by atoms with Crippen LogP contribution < -0.4 is 15.4 Å². The molecule has 2 rings (SSSR count). The maximum absolute atomic E-state index is 12.4. The number of para-hydroxylation sites is 1. The van der Waals surface area contributed by atoms with Crippen molar-refractivity contribution in [2.45, 2.75) is 26.8 Å². The molecule has 26 heavy (non-hydrogen) atoms. The Morgan fingerprint density at radius 1 is 1.23 bits per heavy atom. The number of carbonyl (C=O) groups excluding carboxylic acids is 1. The van der Waals surface area contributed by atoms with Crippen molar-refractivity contribution in [3.8, 4) is 11.8 Å². The fraction of sp³-hybridized carbons (Fsp3) is 0.238. The lowest BCUT2D eigenvalue weighted by molar-refractivity contribution is -0.112. The van der Waals surface area contributed by atoms with Crippen LogP contribution in [0.2, 0.25) is 0 Å². The van der Waals surface area contributed by atoms with E-state index in [1.807, 2.05) is 62.4 Å². The van der Waals surface area contributed by atoms with Gasteiger partial charge in [-0.15, -0.1) is 0 Å². The summed E-state index contributed by atoms with van der Waals surface area (Å²) < 4.78 is 5.12. The molecule has 0 radical (unpaired) electrons. The molecule has 1 amide bonds. The zero-order valence-electron chi connectivity index (χ0n) is 15.3. The molecule has 0 heterocycles. The highest BCUT2D eigenvalue weighted by Gasteiger charge is 2.12. The zero-order valence-corrected chi connectivity index (χ0v) is 15.3. The van der Waals surface area contributed by atoms with Crippen LogP contribution >= 0.6 is 0 Å². The van der Waals surface area contributed by atoms with E-state index in [4.69, 9.17) is 4.74 Å². The first-order valence-corrected chi connectivity index (χ1v) is 8.45. The summed E-state index contributed by atoms with van der Waals surface area (Å²) in [4.78, 5) is 12.4. The number of nitrogens with zero attached hydrogens (tertiary/aromatic N) is 1. The molecule has 0 aliphatic heterocycles. The normalized spacial score (nSPS) is 10.8. The van der Waals surface area contributed by atoms with Gasteiger partial charge in [0, 0.05) is 18.4 Å². The number of amides is 1. The number of nitrogens with one attached hydrogen (secondary N) is 2. The number of anilines is 1. The van der Waals surface area contributed by atoms with Crippen molar-refractivity contribution in [1.29, 1.82) is 5.26 Å². The monoisotopic (exact) mass is 349 g/mol. The van der Waals surface area contributed by atoms with Crippen molar-refractivity contribution in [3.05, 3.63) is 70.9 Å². The molecule has 5 nitrogen and oxygen atoms in total. The van der Waals surface area contributed by atoms with E-state index in [0.29, 0.717) is 6.54 Å². The van der Waals surface area contributed by atoms with Crippen LogP contribution in [0.1, 0.15) is 23.6 Å². The molecule has 0 atom stereocenters. The van der Waals surface area contributed by atoms with Crippen LogP contribution in [-0.4, -0.2) is 13.0 Å². The lowest BCUT2D eigenvalue weighted by Gasteiger charge is -2.12. The Balaban J connectivity index is 2.04. The SMILES string of the molecule is CCc1cccc(C)c1NC(=O)/C(C#N)=C\NCc1ccc(OC)cc1. The topological polar surface area (TPSA) is 74.2 Å². The van der Waals surface area contributed by atoms with Gasteiger partial charge in [-0.1, -0.05) is 37.3 Å². The minimum atomic E-state index is -0.418. The van der Waals surface area contributed by atoms with Crippen molar-refractivity contribution in [2.24, 2.45) is 0 Å². The highest BCUT2D eigenvalue weighted by molar-refractivity contribution is 6.07. The van der Waals surface area contributed by atoms with Gasteiger partial charge in [0.2, 0.25) is 0 Å². The number of carbonyl (C=O) groups is 1. The molecule has 0 saturated heterocycles. The molecule has 0 aromatic heterocycles. The molecular formula is C21H23N3O2. The van der Waals surface area contributed by atoms with Crippen molar-refractivity contribution >= 4 is 11.6 Å². The second-order valence-electron chi connectivity index (χ2n) is 5.82. The maximum Gasteiger partial charge on any atom is 0.267 e. The Bertz CT molecular complexity index is 833. The Kier molecular flexibility index (Phi) is 6.81. The third kappa shape index (κ3) is 4.87. The number of hydrogen-bond donors (Lipinski definition) is 2. The van der Waals surface area contributed by atoms with E-state index < -0.39 is 5.91 Å². The first-order valence-electron chi connectivity index (χ1n) is 8.45. The molecule has 0 unspecified atom stereocenters. The third-order valence-electron chi connectivity index (χ3n) is 4.06. The van der Waals surface area contributed by atoms with Gasteiger partial charge < -0.3 is 15.4 Å². The van der Waals surface area contributed by atoms with Crippen molar-refractivity contribution in [3.63, 3.8) is 0 Å². The molecule has 5 heteroatoms. The van der Waals surface area contributed by atoms with Crippen molar-refractivity contribution in [2.75, 3.05) is 12.4 Å². The molecule has 0 saturated carbocycles. The van der Waals surface area contributed by atoms with Crippen LogP contribution in [0.3, 0.4) is 0 Å². The summed E-state index contributed by atoms with van der Waals surface area (Å²) in [5.41, 5.74) is 3.84. The minimum Gasteiger partial charge on any atom is -0.497 e. The van der Waals surface area contributed by atoms with Gasteiger partial charge in [-0.25, -0.2) is 0 Å². The average Bonchev–Trinajstić information content (AvgIpc) is 2.67. The quantitative estimate of drug-likeness (QED) is 0.590. The Morgan fingerprint density at radius 2 is 1.96 bits per heavy atom. The van der Waals surface area contributed by atoms with E-state index in [-0.39, 0.29) is 5.57 Å². The summed E-state index contributed by atoms with van der Waals surface area (Å²) in [6.45, 7) is 4.47. The summed E-state index contributed by atoms with van der Waals surface area (Å²) >= 11 is 0. The molecule has 0 bridgehead atoms. The van der Waals surface area contributed by atoms with Gasteiger partial charge >= 0.3 is 0 Å².